The molecule has 0 fully saturated rings. The van der Waals surface area contributed by atoms with Crippen LogP contribution in [0.4, 0.5) is 11.5 Å². The van der Waals surface area contributed by atoms with E-state index in [0.717, 1.165) is 11.8 Å². The Morgan fingerprint density at radius 2 is 2.00 bits per heavy atom. The van der Waals surface area contributed by atoms with Crippen molar-refractivity contribution in [3.8, 4) is 16.9 Å². The smallest absolute Gasteiger partial charge is 0.261 e. The van der Waals surface area contributed by atoms with Gasteiger partial charge in [0.05, 0.1) is 18.4 Å². The van der Waals surface area contributed by atoms with Gasteiger partial charge in [0.2, 0.25) is 5.91 Å². The molecule has 0 spiro atoms. The number of thioether (sulfide) groups is 1. The minimum absolute atomic E-state index is 0.0737. The number of carbonyl (C=O) groups excluding carboxylic acids is 1. The van der Waals surface area contributed by atoms with Gasteiger partial charge >= 0.3 is 0 Å². The molecule has 1 aromatic heterocycles. The Labute approximate surface area is 160 Å². The third kappa shape index (κ3) is 4.68. The summed E-state index contributed by atoms with van der Waals surface area (Å²) in [6, 6.07) is 16.1. The van der Waals surface area contributed by atoms with Gasteiger partial charge in [-0.25, -0.2) is 4.98 Å². The number of amides is 1. The van der Waals surface area contributed by atoms with E-state index in [0.29, 0.717) is 22.6 Å². The molecular weight excluding hydrogens is 364 g/mol. The number of nitrogens with two attached hydrogens (primary N) is 1. The standard InChI is InChI=1S/C19H18N4O3S/c1-26-14-9-5-8-13(10-14)21-15(24)11-27-19-22-17(20)16(18(25)23-19)12-6-3-2-4-7-12/h2-10H,11H2,1H3,(H,21,24)(H3,20,22,23,25). The number of benzene rings is 2. The van der Waals surface area contributed by atoms with Crippen molar-refractivity contribution in [1.82, 2.24) is 9.97 Å². The van der Waals surface area contributed by atoms with E-state index in [2.05, 4.69) is 15.3 Å². The highest BCUT2D eigenvalue weighted by Crippen LogP contribution is 2.22. The molecule has 0 atom stereocenters. The van der Waals surface area contributed by atoms with Gasteiger partial charge in [-0.2, -0.15) is 0 Å². The van der Waals surface area contributed by atoms with Crippen molar-refractivity contribution >= 4 is 29.2 Å². The Balaban J connectivity index is 1.67. The number of H-pyrrole nitrogens is 1. The summed E-state index contributed by atoms with van der Waals surface area (Å²) in [5.74, 6) is 0.613. The molecule has 1 heterocycles. The quantitative estimate of drug-likeness (QED) is 0.447. The van der Waals surface area contributed by atoms with Crippen LogP contribution in [-0.4, -0.2) is 28.7 Å². The molecular formula is C19H18N4O3S. The average molecular weight is 382 g/mol. The fourth-order valence-electron chi connectivity index (χ4n) is 2.45. The second-order valence-electron chi connectivity index (χ2n) is 5.57. The molecule has 0 saturated carbocycles. The highest BCUT2D eigenvalue weighted by atomic mass is 32.2. The van der Waals surface area contributed by atoms with Crippen LogP contribution in [-0.2, 0) is 4.79 Å². The number of hydrogen-bond donors (Lipinski definition) is 3. The Bertz CT molecular complexity index is 1010. The zero-order valence-corrected chi connectivity index (χ0v) is 15.4. The summed E-state index contributed by atoms with van der Waals surface area (Å²) >= 11 is 1.10. The number of nitrogens with one attached hydrogen (secondary N) is 2. The number of nitrogen functional groups attached to an aromatic ring is 1. The summed E-state index contributed by atoms with van der Waals surface area (Å²) in [4.78, 5) is 31.4. The van der Waals surface area contributed by atoms with Gasteiger partial charge in [-0.1, -0.05) is 48.2 Å². The first-order chi connectivity index (χ1) is 13.1. The van der Waals surface area contributed by atoms with E-state index in [4.69, 9.17) is 10.5 Å². The largest absolute Gasteiger partial charge is 0.497 e. The normalized spacial score (nSPS) is 10.4. The first-order valence-electron chi connectivity index (χ1n) is 8.08. The molecule has 0 aliphatic carbocycles. The molecule has 27 heavy (non-hydrogen) atoms. The molecule has 0 aliphatic heterocycles. The number of nitrogens with zero attached hydrogens (tertiary/aromatic N) is 1. The van der Waals surface area contributed by atoms with E-state index in [-0.39, 0.29) is 28.2 Å². The lowest BCUT2D eigenvalue weighted by atomic mass is 10.1. The summed E-state index contributed by atoms with van der Waals surface area (Å²) in [5.41, 5.74) is 7.25. The predicted octanol–water partition coefficient (Wildman–Crippen LogP) is 2.76. The van der Waals surface area contributed by atoms with Crippen LogP contribution in [0.5, 0.6) is 5.75 Å². The van der Waals surface area contributed by atoms with Crippen molar-refractivity contribution in [3.63, 3.8) is 0 Å². The predicted molar refractivity (Wildman–Crippen MR) is 107 cm³/mol. The van der Waals surface area contributed by atoms with Crippen molar-refractivity contribution in [3.05, 3.63) is 65.0 Å². The fourth-order valence-corrected chi connectivity index (χ4v) is 3.12. The number of ether oxygens (including phenoxy) is 1. The second kappa shape index (κ2) is 8.41. The lowest BCUT2D eigenvalue weighted by Crippen LogP contribution is -2.17. The summed E-state index contributed by atoms with van der Waals surface area (Å²) in [6.45, 7) is 0. The number of carbonyl (C=O) groups is 1. The highest BCUT2D eigenvalue weighted by Gasteiger charge is 2.12. The van der Waals surface area contributed by atoms with Gasteiger partial charge in [0.25, 0.3) is 5.56 Å². The van der Waals surface area contributed by atoms with Crippen molar-refractivity contribution in [2.75, 3.05) is 23.9 Å². The third-order valence-electron chi connectivity index (χ3n) is 3.68. The van der Waals surface area contributed by atoms with Crippen molar-refractivity contribution in [1.29, 1.82) is 0 Å². The Kier molecular flexibility index (Phi) is 5.77. The van der Waals surface area contributed by atoms with Crippen LogP contribution in [0.3, 0.4) is 0 Å². The maximum Gasteiger partial charge on any atom is 0.261 e. The zero-order valence-electron chi connectivity index (χ0n) is 14.6. The monoisotopic (exact) mass is 382 g/mol. The Morgan fingerprint density at radius 1 is 1.22 bits per heavy atom. The Morgan fingerprint density at radius 3 is 2.70 bits per heavy atom. The van der Waals surface area contributed by atoms with Crippen LogP contribution in [0.15, 0.2) is 64.5 Å². The summed E-state index contributed by atoms with van der Waals surface area (Å²) < 4.78 is 5.12. The molecule has 7 nitrogen and oxygen atoms in total. The Hall–Kier alpha value is -3.26. The van der Waals surface area contributed by atoms with Crippen LogP contribution in [0, 0.1) is 0 Å². The molecule has 0 radical (unpaired) electrons. The molecule has 0 aliphatic rings. The average Bonchev–Trinajstić information content (AvgIpc) is 2.67. The van der Waals surface area contributed by atoms with Gasteiger partial charge in [0, 0.05) is 11.8 Å². The molecule has 3 aromatic rings. The van der Waals surface area contributed by atoms with Gasteiger partial charge in [0.1, 0.15) is 11.6 Å². The topological polar surface area (TPSA) is 110 Å². The molecule has 4 N–H and O–H groups in total. The molecule has 0 bridgehead atoms. The summed E-state index contributed by atoms with van der Waals surface area (Å²) in [5, 5.41) is 3.05. The van der Waals surface area contributed by atoms with Gasteiger partial charge in [-0.15, -0.1) is 0 Å². The zero-order chi connectivity index (χ0) is 19.2. The van der Waals surface area contributed by atoms with Crippen LogP contribution in [0.25, 0.3) is 11.1 Å². The van der Waals surface area contributed by atoms with Gasteiger partial charge in [0.15, 0.2) is 5.16 Å². The SMILES string of the molecule is COc1cccc(NC(=O)CSc2nc(N)c(-c3ccccc3)c(=O)[nH]2)c1. The number of hydrogen-bond acceptors (Lipinski definition) is 6. The lowest BCUT2D eigenvalue weighted by molar-refractivity contribution is -0.113. The van der Waals surface area contributed by atoms with E-state index < -0.39 is 0 Å². The van der Waals surface area contributed by atoms with Gasteiger partial charge in [-0.3, -0.25) is 9.59 Å². The van der Waals surface area contributed by atoms with Crippen LogP contribution < -0.4 is 21.3 Å². The number of aromatic nitrogens is 2. The molecule has 3 rings (SSSR count). The van der Waals surface area contributed by atoms with Crippen molar-refractivity contribution < 1.29 is 9.53 Å². The van der Waals surface area contributed by atoms with E-state index in [1.807, 2.05) is 18.2 Å². The molecule has 1 amide bonds. The molecule has 0 saturated heterocycles. The minimum Gasteiger partial charge on any atom is -0.497 e. The maximum absolute atomic E-state index is 12.4. The van der Waals surface area contributed by atoms with Gasteiger partial charge in [-0.05, 0) is 17.7 Å². The summed E-state index contributed by atoms with van der Waals surface area (Å²) in [6.07, 6.45) is 0. The van der Waals surface area contributed by atoms with E-state index in [1.165, 1.54) is 0 Å². The first-order valence-corrected chi connectivity index (χ1v) is 9.07. The van der Waals surface area contributed by atoms with E-state index in [9.17, 15) is 9.59 Å². The van der Waals surface area contributed by atoms with Crippen LogP contribution in [0.1, 0.15) is 0 Å². The molecule has 2 aromatic carbocycles. The first kappa shape index (κ1) is 18.5. The number of anilines is 2. The fraction of sp³-hybridized carbons (Fsp3) is 0.105. The third-order valence-corrected chi connectivity index (χ3v) is 4.55. The number of rotatable bonds is 6. The lowest BCUT2D eigenvalue weighted by Gasteiger charge is -2.08. The van der Waals surface area contributed by atoms with E-state index >= 15 is 0 Å². The number of methoxy groups -OCH3 is 1. The summed E-state index contributed by atoms with van der Waals surface area (Å²) in [7, 11) is 1.56. The molecule has 8 heteroatoms. The van der Waals surface area contributed by atoms with Crippen molar-refractivity contribution in [2.45, 2.75) is 5.16 Å². The molecule has 138 valence electrons. The number of aromatic amines is 1. The van der Waals surface area contributed by atoms with E-state index in [1.54, 1.807) is 43.5 Å². The van der Waals surface area contributed by atoms with Gasteiger partial charge < -0.3 is 20.8 Å². The molecule has 0 unspecified atom stereocenters. The minimum atomic E-state index is -0.343. The van der Waals surface area contributed by atoms with Crippen molar-refractivity contribution in [2.24, 2.45) is 0 Å². The maximum atomic E-state index is 12.4. The highest BCUT2D eigenvalue weighted by molar-refractivity contribution is 7.99. The van der Waals surface area contributed by atoms with Crippen LogP contribution in [0.2, 0.25) is 0 Å². The second-order valence-corrected chi connectivity index (χ2v) is 6.53. The van der Waals surface area contributed by atoms with Crippen LogP contribution >= 0.6 is 11.8 Å².